The number of carbonyl (C=O) groups is 2. The van der Waals surface area contributed by atoms with Gasteiger partial charge >= 0.3 is 11.9 Å². The minimum atomic E-state index is -0.952. The van der Waals surface area contributed by atoms with E-state index in [9.17, 15) is 9.59 Å². The van der Waals surface area contributed by atoms with Gasteiger partial charge in [-0.15, -0.1) is 0 Å². The lowest BCUT2D eigenvalue weighted by Gasteiger charge is -2.02. The van der Waals surface area contributed by atoms with Crippen LogP contribution in [0.2, 0.25) is 0 Å². The molecule has 1 rings (SSSR count). The predicted octanol–water partition coefficient (Wildman–Crippen LogP) is 2.86. The van der Waals surface area contributed by atoms with Crippen LogP contribution < -0.4 is 0 Å². The average Bonchev–Trinajstić information content (AvgIpc) is 2.38. The second kappa shape index (κ2) is 9.38. The van der Waals surface area contributed by atoms with Gasteiger partial charge < -0.3 is 15.3 Å². The van der Waals surface area contributed by atoms with Gasteiger partial charge in [0.05, 0.1) is 5.56 Å². The van der Waals surface area contributed by atoms with Crippen molar-refractivity contribution in [3.05, 3.63) is 53.6 Å². The maximum Gasteiger partial charge on any atom is 0.335 e. The minimum Gasteiger partial charge on any atom is -0.508 e. The number of carboxylic acid groups (broad SMARTS) is 2. The Morgan fingerprint density at radius 3 is 2.30 bits per heavy atom. The summed E-state index contributed by atoms with van der Waals surface area (Å²) in [5, 5.41) is 25.8. The number of aromatic carboxylic acids is 1. The van der Waals surface area contributed by atoms with Crippen LogP contribution in [0.3, 0.4) is 0 Å². The smallest absolute Gasteiger partial charge is 0.335 e. The molecule has 1 aromatic carbocycles. The molecule has 0 aromatic heterocycles. The second-order valence-electron chi connectivity index (χ2n) is 3.72. The van der Waals surface area contributed by atoms with Crippen molar-refractivity contribution in [2.24, 2.45) is 0 Å². The van der Waals surface area contributed by atoms with Gasteiger partial charge in [-0.05, 0) is 37.1 Å². The third kappa shape index (κ3) is 7.00. The van der Waals surface area contributed by atoms with Gasteiger partial charge in [-0.2, -0.15) is 0 Å². The first-order valence-corrected chi connectivity index (χ1v) is 5.99. The molecule has 108 valence electrons. The Kier molecular flexibility index (Phi) is 8.18. The monoisotopic (exact) mass is 278 g/mol. The first-order chi connectivity index (χ1) is 9.42. The lowest BCUT2D eigenvalue weighted by atomic mass is 10.1. The summed E-state index contributed by atoms with van der Waals surface area (Å²) in [5.41, 5.74) is 0.915. The van der Waals surface area contributed by atoms with E-state index in [0.717, 1.165) is 6.08 Å². The number of hydrogen-bond acceptors (Lipinski definition) is 3. The maximum atomic E-state index is 10.6. The highest BCUT2D eigenvalue weighted by Gasteiger charge is 2.08. The van der Waals surface area contributed by atoms with E-state index in [1.165, 1.54) is 24.3 Å². The molecular formula is C15H18O5. The normalized spacial score (nSPS) is 10.3. The van der Waals surface area contributed by atoms with Crippen LogP contribution in [0.25, 0.3) is 0 Å². The Hall–Kier alpha value is -2.56. The van der Waals surface area contributed by atoms with Crippen LogP contribution in [0, 0.1) is 0 Å². The molecule has 0 atom stereocenters. The molecule has 0 aliphatic heterocycles. The number of aryl methyl sites for hydroxylation is 1. The average molecular weight is 278 g/mol. The highest BCUT2D eigenvalue weighted by molar-refractivity contribution is 5.89. The quantitative estimate of drug-likeness (QED) is 0.581. The Bertz CT molecular complexity index is 515. The van der Waals surface area contributed by atoms with Crippen molar-refractivity contribution in [3.8, 4) is 5.75 Å². The zero-order valence-corrected chi connectivity index (χ0v) is 11.4. The predicted molar refractivity (Wildman–Crippen MR) is 76.0 cm³/mol. The number of allylic oxidation sites excluding steroid dienone is 3. The summed E-state index contributed by atoms with van der Waals surface area (Å²) in [6.45, 7) is 3.67. The van der Waals surface area contributed by atoms with Gasteiger partial charge in [0.15, 0.2) is 0 Å². The van der Waals surface area contributed by atoms with Crippen LogP contribution in [-0.4, -0.2) is 27.3 Å². The zero-order chi connectivity index (χ0) is 15.5. The van der Waals surface area contributed by atoms with Crippen molar-refractivity contribution >= 4 is 11.9 Å². The molecular weight excluding hydrogens is 260 g/mol. The maximum absolute atomic E-state index is 10.6. The molecule has 0 spiro atoms. The van der Waals surface area contributed by atoms with Crippen molar-refractivity contribution in [2.75, 3.05) is 0 Å². The van der Waals surface area contributed by atoms with E-state index in [-0.39, 0.29) is 11.3 Å². The fraction of sp³-hybridized carbons (Fsp3) is 0.200. The number of phenolic OH excluding ortho intramolecular Hbond substituents is 1. The lowest BCUT2D eigenvalue weighted by molar-refractivity contribution is -0.131. The summed E-state index contributed by atoms with van der Waals surface area (Å²) in [6.07, 6.45) is 6.59. The van der Waals surface area contributed by atoms with Crippen molar-refractivity contribution in [2.45, 2.75) is 20.3 Å². The van der Waals surface area contributed by atoms with Crippen LogP contribution in [0.1, 0.15) is 29.8 Å². The zero-order valence-electron chi connectivity index (χ0n) is 11.4. The standard InChI is InChI=1S/C9H10O3.C6H8O2/c1-2-6-5-7(10)3-4-8(6)9(11)12;1-2-3-4-5-6(7)8/h3-5,10H,2H2,1H3,(H,11,12);2-5H,1H3,(H,7,8)/b;3-2+,5-4+. The number of phenols is 1. The molecule has 3 N–H and O–H groups in total. The topological polar surface area (TPSA) is 94.8 Å². The number of aliphatic carboxylic acids is 1. The molecule has 5 nitrogen and oxygen atoms in total. The molecule has 0 saturated heterocycles. The molecule has 0 heterocycles. The third-order valence-corrected chi connectivity index (χ3v) is 2.24. The highest BCUT2D eigenvalue weighted by Crippen LogP contribution is 2.16. The first-order valence-electron chi connectivity index (χ1n) is 5.99. The number of benzene rings is 1. The fourth-order valence-corrected chi connectivity index (χ4v) is 1.33. The summed E-state index contributed by atoms with van der Waals surface area (Å²) in [6, 6.07) is 4.27. The molecule has 0 amide bonds. The van der Waals surface area contributed by atoms with Crippen LogP contribution in [-0.2, 0) is 11.2 Å². The van der Waals surface area contributed by atoms with Gasteiger partial charge in [-0.3, -0.25) is 0 Å². The summed E-state index contributed by atoms with van der Waals surface area (Å²) in [4.78, 5) is 20.4. The molecule has 0 radical (unpaired) electrons. The van der Waals surface area contributed by atoms with E-state index in [1.807, 2.05) is 13.8 Å². The van der Waals surface area contributed by atoms with Crippen LogP contribution >= 0.6 is 0 Å². The summed E-state index contributed by atoms with van der Waals surface area (Å²) < 4.78 is 0. The van der Waals surface area contributed by atoms with Crippen LogP contribution in [0.5, 0.6) is 5.75 Å². The molecule has 1 aromatic rings. The third-order valence-electron chi connectivity index (χ3n) is 2.24. The lowest BCUT2D eigenvalue weighted by Crippen LogP contribution is -2.00. The fourth-order valence-electron chi connectivity index (χ4n) is 1.33. The van der Waals surface area contributed by atoms with Gasteiger partial charge in [0.2, 0.25) is 0 Å². The minimum absolute atomic E-state index is 0.108. The van der Waals surface area contributed by atoms with Gasteiger partial charge in [-0.1, -0.05) is 25.2 Å². The van der Waals surface area contributed by atoms with Crippen molar-refractivity contribution in [1.29, 1.82) is 0 Å². The largest absolute Gasteiger partial charge is 0.508 e. The first kappa shape index (κ1) is 17.4. The van der Waals surface area contributed by atoms with Crippen molar-refractivity contribution in [1.82, 2.24) is 0 Å². The Balaban J connectivity index is 0.000000396. The Morgan fingerprint density at radius 1 is 1.20 bits per heavy atom. The molecule has 0 unspecified atom stereocenters. The molecule has 20 heavy (non-hydrogen) atoms. The number of carboxylic acids is 2. The van der Waals surface area contributed by atoms with Crippen molar-refractivity contribution in [3.63, 3.8) is 0 Å². The SMILES string of the molecule is C/C=C/C=C/C(=O)O.CCc1cc(O)ccc1C(=O)O. The Morgan fingerprint density at radius 2 is 1.85 bits per heavy atom. The highest BCUT2D eigenvalue weighted by atomic mass is 16.4. The van der Waals surface area contributed by atoms with E-state index in [2.05, 4.69) is 0 Å². The molecule has 0 bridgehead atoms. The van der Waals surface area contributed by atoms with E-state index in [1.54, 1.807) is 12.2 Å². The van der Waals surface area contributed by atoms with Gasteiger partial charge in [0.25, 0.3) is 0 Å². The van der Waals surface area contributed by atoms with E-state index in [0.29, 0.717) is 12.0 Å². The van der Waals surface area contributed by atoms with E-state index < -0.39 is 11.9 Å². The van der Waals surface area contributed by atoms with Crippen LogP contribution in [0.4, 0.5) is 0 Å². The van der Waals surface area contributed by atoms with Crippen LogP contribution in [0.15, 0.2) is 42.5 Å². The number of aromatic hydroxyl groups is 1. The summed E-state index contributed by atoms with van der Waals surface area (Å²) >= 11 is 0. The molecule has 5 heteroatoms. The second-order valence-corrected chi connectivity index (χ2v) is 3.72. The summed E-state index contributed by atoms with van der Waals surface area (Å²) in [7, 11) is 0. The molecule has 0 aliphatic rings. The molecule has 0 saturated carbocycles. The number of hydrogen-bond donors (Lipinski definition) is 3. The molecule has 0 fully saturated rings. The molecule has 0 aliphatic carbocycles. The van der Waals surface area contributed by atoms with Gasteiger partial charge in [0.1, 0.15) is 5.75 Å². The summed E-state index contributed by atoms with van der Waals surface area (Å²) in [5.74, 6) is -1.76. The van der Waals surface area contributed by atoms with E-state index >= 15 is 0 Å². The van der Waals surface area contributed by atoms with Crippen molar-refractivity contribution < 1.29 is 24.9 Å². The van der Waals surface area contributed by atoms with E-state index in [4.69, 9.17) is 15.3 Å². The van der Waals surface area contributed by atoms with Gasteiger partial charge in [-0.25, -0.2) is 9.59 Å². The van der Waals surface area contributed by atoms with Gasteiger partial charge in [0, 0.05) is 6.08 Å². The Labute approximate surface area is 117 Å². The number of rotatable bonds is 4.